The number of ether oxygens (including phenoxy) is 8. The van der Waals surface area contributed by atoms with E-state index in [0.29, 0.717) is 60.1 Å². The second kappa shape index (κ2) is 45.6. The fourth-order valence-corrected chi connectivity index (χ4v) is 16.7. The number of ketones is 1. The van der Waals surface area contributed by atoms with Crippen LogP contribution in [0.2, 0.25) is 0 Å². The number of aliphatic hydroxyl groups excluding tert-OH is 3. The monoisotopic (exact) mass is 1460 g/mol. The molecule has 6 N–H and O–H groups in total. The average Bonchev–Trinajstić information content (AvgIpc) is 0.760. The number of Topliss-reactive ketones (excluding diaryl/α,β-unsaturated/α-hetero) is 1. The second-order valence-electron chi connectivity index (χ2n) is 26.2. The highest BCUT2D eigenvalue weighted by atomic mass is 33.1. The Hall–Kier alpha value is -4.23. The summed E-state index contributed by atoms with van der Waals surface area (Å²) < 4.78 is 44.7. The molecule has 1 aromatic heterocycles. The lowest BCUT2D eigenvalue weighted by molar-refractivity contribution is -0.270. The lowest BCUT2D eigenvalue weighted by Crippen LogP contribution is -2.64. The van der Waals surface area contributed by atoms with E-state index >= 15 is 9.59 Å². The zero-order valence-corrected chi connectivity index (χ0v) is 63.0. The van der Waals surface area contributed by atoms with Gasteiger partial charge in [-0.1, -0.05) is 80.9 Å². The normalized spacial score (nSPS) is 20.0. The summed E-state index contributed by atoms with van der Waals surface area (Å²) in [6.45, 7) is 14.4. The summed E-state index contributed by atoms with van der Waals surface area (Å²) >= 11 is 8.08. The molecule has 1 aliphatic heterocycles. The SMILES string of the molecule is CCCCOC(=O)C(C)(CC(C)(CC(C)(CC(C)(C#N)CCC(=O)NCCOCCC(=O)CCCCCCO[C@@H]1O[C@H](CO)[C@H](O)[C@H](O)[C@H]1NC(C)=O)C(=O)OCCOC)C(=O)OCCN(C)C)CC(CC)(CC(C)(SC(=S)SCC)C(=O)OCCSSc1ccccn1)C(=O)O. The number of carboxylic acids is 1. The Kier molecular flexibility index (Phi) is 41.8. The van der Waals surface area contributed by atoms with Gasteiger partial charge in [0.2, 0.25) is 11.8 Å². The van der Waals surface area contributed by atoms with E-state index in [-0.39, 0.29) is 104 Å². The van der Waals surface area contributed by atoms with Crippen LogP contribution < -0.4 is 10.6 Å². The van der Waals surface area contributed by atoms with Gasteiger partial charge >= 0.3 is 29.8 Å². The smallest absolute Gasteiger partial charge is 0.322 e. The van der Waals surface area contributed by atoms with Gasteiger partial charge in [0.15, 0.2) is 6.29 Å². The number of esters is 4. The fraction of sp³-hybridized carbons (Fsp3) is 0.776. The van der Waals surface area contributed by atoms with Crippen LogP contribution in [0.5, 0.6) is 0 Å². The van der Waals surface area contributed by atoms with Gasteiger partial charge in [-0.15, -0.1) is 11.8 Å². The molecular weight excluding hydrogens is 1360 g/mol. The predicted molar refractivity (Wildman–Crippen MR) is 377 cm³/mol. The van der Waals surface area contributed by atoms with Gasteiger partial charge in [-0.2, -0.15) is 5.26 Å². The molecule has 30 heteroatoms. The number of hydrogen-bond donors (Lipinski definition) is 6. The molecule has 2 amide bonds. The van der Waals surface area contributed by atoms with E-state index < -0.39 is 130 Å². The molecule has 0 radical (unpaired) electrons. The number of hydrogen-bond acceptors (Lipinski definition) is 27. The molecule has 0 aliphatic carbocycles. The van der Waals surface area contributed by atoms with E-state index in [2.05, 4.69) is 21.7 Å². The second-order valence-corrected chi connectivity index (χ2v) is 32.6. The van der Waals surface area contributed by atoms with Crippen molar-refractivity contribution in [3.8, 4) is 6.07 Å². The maximum absolute atomic E-state index is 15.1. The van der Waals surface area contributed by atoms with Crippen LogP contribution in [0, 0.1) is 38.4 Å². The largest absolute Gasteiger partial charge is 0.481 e. The number of likely N-dealkylation sites (N-methyl/N-ethyl adjacent to an activating group) is 1. The van der Waals surface area contributed by atoms with Gasteiger partial charge in [-0.05, 0) is 142 Å². The van der Waals surface area contributed by atoms with Gasteiger partial charge in [-0.25, -0.2) is 4.98 Å². The van der Waals surface area contributed by atoms with Crippen LogP contribution in [-0.4, -0.2) is 222 Å². The van der Waals surface area contributed by atoms with Crippen LogP contribution in [0.15, 0.2) is 29.4 Å². The Balaban J connectivity index is 2.37. The van der Waals surface area contributed by atoms with Crippen LogP contribution in [-0.2, 0) is 76.3 Å². The number of thioether (sulfide) groups is 2. The average molecular weight is 1460 g/mol. The van der Waals surface area contributed by atoms with Gasteiger partial charge in [0, 0.05) is 64.9 Å². The molecule has 1 aliphatic rings. The highest BCUT2D eigenvalue weighted by Crippen LogP contribution is 2.55. The summed E-state index contributed by atoms with van der Waals surface area (Å²) in [4.78, 5) is 118. The molecule has 552 valence electrons. The quantitative estimate of drug-likeness (QED) is 0.0117. The van der Waals surface area contributed by atoms with E-state index in [1.165, 1.54) is 61.2 Å². The Morgan fingerprint density at radius 1 is 0.753 bits per heavy atom. The summed E-state index contributed by atoms with van der Waals surface area (Å²) in [5, 5.41) is 58.9. The maximum Gasteiger partial charge on any atom is 0.322 e. The number of thiocarbonyl (C=S) groups is 1. The van der Waals surface area contributed by atoms with Crippen LogP contribution in [0.3, 0.4) is 0 Å². The van der Waals surface area contributed by atoms with E-state index in [9.17, 15) is 54.5 Å². The molecule has 25 nitrogen and oxygen atoms in total. The number of nitriles is 1. The molecule has 11 atom stereocenters. The number of rotatable bonds is 51. The molecule has 0 aromatic carbocycles. The standard InChI is InChI=1S/C67H109N5O20S5/c1-13-16-31-88-59(83)65(8,44-67(14-2,56(79)80)45-66(9,96-61(93)94-15-3)60(84)91-38-39-95-97-51-24-20-21-28-70-51)43-64(7,58(82)89-35-30-72(10)11)42-63(6,57(81)90-37-36-85-12)41-62(5,46-68)27-25-50(76)69-29-34-86-33-26-48(75)23-19-17-18-22-32-87-55-52(71-47(4)74)54(78)53(77)49(40-73)92-55/h20-21,24,28,49,52-55,73,77-78H,13-19,22-23,25-27,29-45H2,1-12H3,(H,69,76)(H,71,74)(H,79,80)/t49-,52-,53+,54-,55-,62?,63?,64?,65?,66?,67?/m1/s1. The van der Waals surface area contributed by atoms with Gasteiger partial charge in [0.05, 0.1) is 66.2 Å². The third-order valence-corrected chi connectivity index (χ3v) is 21.6. The minimum Gasteiger partial charge on any atom is -0.481 e. The molecule has 1 saturated heterocycles. The van der Waals surface area contributed by atoms with Crippen molar-refractivity contribution in [2.75, 3.05) is 105 Å². The molecular formula is C67H109N5O20S5. The first-order valence-corrected chi connectivity index (χ1v) is 37.7. The number of aromatic nitrogens is 1. The molecule has 0 saturated carbocycles. The summed E-state index contributed by atoms with van der Waals surface area (Å²) in [6.07, 6.45) is -1.36. The number of carbonyl (C=O) groups is 8. The minimum atomic E-state index is -1.89. The lowest BCUT2D eigenvalue weighted by Gasteiger charge is -2.45. The number of unbranched alkanes of at least 4 members (excludes halogenated alkanes) is 4. The van der Waals surface area contributed by atoms with Gasteiger partial charge in [0.1, 0.15) is 63.3 Å². The first kappa shape index (κ1) is 88.9. The van der Waals surface area contributed by atoms with Crippen molar-refractivity contribution >= 4 is 108 Å². The predicted octanol–water partition coefficient (Wildman–Crippen LogP) is 8.30. The first-order chi connectivity index (χ1) is 45.8. The number of amides is 2. The topological polar surface area (TPSA) is 355 Å². The van der Waals surface area contributed by atoms with Crippen LogP contribution in [0.1, 0.15) is 165 Å². The summed E-state index contributed by atoms with van der Waals surface area (Å²) in [5.41, 5.74) is -8.74. The van der Waals surface area contributed by atoms with E-state index in [0.717, 1.165) is 23.2 Å². The fourth-order valence-electron chi connectivity index (χ4n) is 11.8. The molecule has 1 aromatic rings. The number of nitrogens with zero attached hydrogens (tertiary/aromatic N) is 3. The van der Waals surface area contributed by atoms with E-state index in [4.69, 9.17) is 50.1 Å². The lowest BCUT2D eigenvalue weighted by atomic mass is 9.58. The summed E-state index contributed by atoms with van der Waals surface area (Å²) in [7, 11) is 7.83. The van der Waals surface area contributed by atoms with Gasteiger partial charge < -0.3 is 73.9 Å². The Morgan fingerprint density at radius 3 is 1.98 bits per heavy atom. The van der Waals surface area contributed by atoms with Crippen LogP contribution in [0.25, 0.3) is 0 Å². The van der Waals surface area contributed by atoms with Crippen molar-refractivity contribution in [1.82, 2.24) is 20.5 Å². The Labute approximate surface area is 595 Å². The van der Waals surface area contributed by atoms with Gasteiger partial charge in [0.25, 0.3) is 0 Å². The van der Waals surface area contributed by atoms with Crippen molar-refractivity contribution in [1.29, 1.82) is 5.26 Å². The van der Waals surface area contributed by atoms with Crippen LogP contribution in [0.4, 0.5) is 0 Å². The molecule has 2 heterocycles. The van der Waals surface area contributed by atoms with Crippen molar-refractivity contribution in [2.24, 2.45) is 27.1 Å². The van der Waals surface area contributed by atoms with Gasteiger partial charge in [-0.3, -0.25) is 38.4 Å². The van der Waals surface area contributed by atoms with Crippen molar-refractivity contribution in [2.45, 2.75) is 205 Å². The third-order valence-electron chi connectivity index (χ3n) is 16.7. The Morgan fingerprint density at radius 2 is 1.39 bits per heavy atom. The molecule has 97 heavy (non-hydrogen) atoms. The number of aliphatic carboxylic acids is 1. The third kappa shape index (κ3) is 31.7. The minimum absolute atomic E-state index is 0.00525. The Bertz CT molecular complexity index is 2670. The number of carboxylic acid groups (broad SMARTS) is 1. The number of pyridine rings is 1. The number of nitrogens with one attached hydrogen (secondary N) is 2. The molecule has 0 spiro atoms. The molecule has 6 unspecified atom stereocenters. The van der Waals surface area contributed by atoms with E-state index in [1.807, 2.05) is 26.0 Å². The van der Waals surface area contributed by atoms with Crippen molar-refractivity contribution < 1.29 is 96.7 Å². The van der Waals surface area contributed by atoms with Crippen molar-refractivity contribution in [3.63, 3.8) is 0 Å². The highest BCUT2D eigenvalue weighted by molar-refractivity contribution is 8.76. The molecule has 2 rings (SSSR count). The zero-order valence-electron chi connectivity index (χ0n) is 58.9. The van der Waals surface area contributed by atoms with Crippen molar-refractivity contribution in [3.05, 3.63) is 24.4 Å². The zero-order chi connectivity index (χ0) is 72.9. The first-order valence-electron chi connectivity index (χ1n) is 33.2. The molecule has 0 bridgehead atoms. The number of carbonyl (C=O) groups excluding carboxylic acids is 7. The summed E-state index contributed by atoms with van der Waals surface area (Å²) in [6, 6.07) is 6.80. The highest BCUT2D eigenvalue weighted by Gasteiger charge is 2.58. The summed E-state index contributed by atoms with van der Waals surface area (Å²) in [5.74, 6) is -4.42. The maximum atomic E-state index is 15.1. The number of aliphatic hydroxyl groups is 3. The van der Waals surface area contributed by atoms with E-state index in [1.54, 1.807) is 59.0 Å². The van der Waals surface area contributed by atoms with Crippen LogP contribution >= 0.6 is 57.3 Å². The molecule has 1 fully saturated rings. The number of methoxy groups -OCH3 is 1.